The predicted octanol–water partition coefficient (Wildman–Crippen LogP) is 6.99. The second-order valence-corrected chi connectivity index (χ2v) is 12.7. The Labute approximate surface area is 152 Å². The summed E-state index contributed by atoms with van der Waals surface area (Å²) in [6.07, 6.45) is 18.6. The lowest BCUT2D eigenvalue weighted by Crippen LogP contribution is -2.26. The second kappa shape index (κ2) is 7.83. The number of halogens is 2. The zero-order valence-corrected chi connectivity index (χ0v) is 17.0. The van der Waals surface area contributed by atoms with E-state index in [-0.39, 0.29) is 0 Å². The molecule has 0 nitrogen and oxygen atoms in total. The molecule has 0 aromatic rings. The van der Waals surface area contributed by atoms with Gasteiger partial charge in [-0.3, -0.25) is 0 Å². The van der Waals surface area contributed by atoms with Gasteiger partial charge in [0.25, 0.3) is 0 Å². The van der Waals surface area contributed by atoms with E-state index < -0.39 is 0 Å². The van der Waals surface area contributed by atoms with Crippen molar-refractivity contribution in [1.82, 2.24) is 0 Å². The molecule has 0 N–H and O–H groups in total. The van der Waals surface area contributed by atoms with Gasteiger partial charge in [0.1, 0.15) is 0 Å². The van der Waals surface area contributed by atoms with Crippen LogP contribution in [0.5, 0.6) is 0 Å². The number of hydrogen-bond acceptors (Lipinski definition) is 0. The Morgan fingerprint density at radius 3 is 1.30 bits per heavy atom. The molecule has 3 aliphatic rings. The molecule has 20 heavy (non-hydrogen) atoms. The van der Waals surface area contributed by atoms with Crippen molar-refractivity contribution in [3.05, 3.63) is 0 Å². The fraction of sp³-hybridized carbons (Fsp3) is 1.00. The molecule has 0 aromatic carbocycles. The Hall–Kier alpha value is 1.46. The summed E-state index contributed by atoms with van der Waals surface area (Å²) in [5, 5.41) is 0. The highest BCUT2D eigenvalue weighted by atomic mass is 127. The topological polar surface area (TPSA) is 0 Å². The molecular weight excluding hydrogens is 470 g/mol. The first kappa shape index (κ1) is 16.3. The average molecular weight is 500 g/mol. The molecule has 0 aromatic heterocycles. The standard InChI is InChI=1S/C18H30I2/c19-18(20)15-9-11-16(13-5-1-2-6-13)17(12-10-15)14-7-3-4-8-14/h13-18H,1-12H2. The van der Waals surface area contributed by atoms with Crippen molar-refractivity contribution in [2.75, 3.05) is 0 Å². The van der Waals surface area contributed by atoms with E-state index >= 15 is 0 Å². The van der Waals surface area contributed by atoms with Crippen LogP contribution < -0.4 is 0 Å². The van der Waals surface area contributed by atoms with Crippen LogP contribution in [0.3, 0.4) is 0 Å². The zero-order valence-electron chi connectivity index (χ0n) is 12.7. The first-order valence-electron chi connectivity index (χ1n) is 9.04. The van der Waals surface area contributed by atoms with E-state index in [1.54, 1.807) is 38.5 Å². The van der Waals surface area contributed by atoms with Gasteiger partial charge in [-0.2, -0.15) is 0 Å². The Balaban J connectivity index is 1.71. The fourth-order valence-electron chi connectivity index (χ4n) is 5.58. The zero-order chi connectivity index (χ0) is 13.9. The Bertz CT molecular complexity index is 264. The summed E-state index contributed by atoms with van der Waals surface area (Å²) in [6.45, 7) is 0. The van der Waals surface area contributed by atoms with Crippen molar-refractivity contribution in [3.63, 3.8) is 0 Å². The molecule has 2 atom stereocenters. The van der Waals surface area contributed by atoms with Crippen LogP contribution >= 0.6 is 45.2 Å². The van der Waals surface area contributed by atoms with Crippen LogP contribution in [0.15, 0.2) is 0 Å². The summed E-state index contributed by atoms with van der Waals surface area (Å²) < 4.78 is 0.858. The largest absolute Gasteiger partial charge is 0.0707 e. The molecule has 0 bridgehead atoms. The van der Waals surface area contributed by atoms with Crippen molar-refractivity contribution < 1.29 is 0 Å². The van der Waals surface area contributed by atoms with E-state index in [0.717, 1.165) is 31.5 Å². The van der Waals surface area contributed by atoms with E-state index in [9.17, 15) is 0 Å². The van der Waals surface area contributed by atoms with Crippen LogP contribution in [0.2, 0.25) is 0 Å². The molecular formula is C18H30I2. The van der Waals surface area contributed by atoms with Gasteiger partial charge in [0, 0.05) is 0 Å². The van der Waals surface area contributed by atoms with Crippen molar-refractivity contribution in [2.45, 2.75) is 79.0 Å². The van der Waals surface area contributed by atoms with Crippen molar-refractivity contribution in [1.29, 1.82) is 0 Å². The molecule has 116 valence electrons. The summed E-state index contributed by atoms with van der Waals surface area (Å²) in [6, 6.07) is 0. The Morgan fingerprint density at radius 2 is 0.950 bits per heavy atom. The predicted molar refractivity (Wildman–Crippen MR) is 105 cm³/mol. The number of rotatable bonds is 3. The molecule has 0 amide bonds. The maximum atomic E-state index is 2.68. The fourth-order valence-corrected chi connectivity index (χ4v) is 7.02. The molecule has 2 unspecified atom stereocenters. The van der Waals surface area contributed by atoms with Gasteiger partial charge in [0.05, 0.1) is 1.93 Å². The third kappa shape index (κ3) is 3.86. The van der Waals surface area contributed by atoms with Gasteiger partial charge in [-0.1, -0.05) is 96.5 Å². The minimum Gasteiger partial charge on any atom is -0.0707 e. The van der Waals surface area contributed by atoms with E-state index in [1.807, 2.05) is 0 Å². The molecule has 0 saturated heterocycles. The van der Waals surface area contributed by atoms with Crippen molar-refractivity contribution in [2.24, 2.45) is 29.6 Å². The smallest absolute Gasteiger partial charge is 0.0654 e. The highest BCUT2D eigenvalue weighted by molar-refractivity contribution is 14.2. The summed E-state index contributed by atoms with van der Waals surface area (Å²) in [5.41, 5.74) is 0. The minimum atomic E-state index is 0.858. The molecule has 2 heteroatoms. The number of hydrogen-bond donors (Lipinski definition) is 0. The lowest BCUT2D eigenvalue weighted by Gasteiger charge is -2.34. The SMILES string of the molecule is IC(I)C1CCC(C2CCCC2)C(C2CCCC2)CC1. The van der Waals surface area contributed by atoms with Gasteiger partial charge in [0.2, 0.25) is 0 Å². The van der Waals surface area contributed by atoms with Crippen LogP contribution in [0, 0.1) is 29.6 Å². The van der Waals surface area contributed by atoms with Gasteiger partial charge in [-0.05, 0) is 55.3 Å². The first-order valence-corrected chi connectivity index (χ1v) is 11.5. The quantitative estimate of drug-likeness (QED) is 0.223. The Morgan fingerprint density at radius 1 is 0.550 bits per heavy atom. The third-order valence-corrected chi connectivity index (χ3v) is 8.69. The van der Waals surface area contributed by atoms with E-state index in [2.05, 4.69) is 45.2 Å². The summed E-state index contributed by atoms with van der Waals surface area (Å²) in [5.74, 6) is 5.45. The normalized spacial score (nSPS) is 37.6. The van der Waals surface area contributed by atoms with Crippen LogP contribution in [0.4, 0.5) is 0 Å². The summed E-state index contributed by atoms with van der Waals surface area (Å²) in [7, 11) is 0. The van der Waals surface area contributed by atoms with Gasteiger partial charge in [-0.25, -0.2) is 0 Å². The maximum Gasteiger partial charge on any atom is 0.0654 e. The van der Waals surface area contributed by atoms with Gasteiger partial charge >= 0.3 is 0 Å². The third-order valence-electron chi connectivity index (χ3n) is 6.66. The molecule has 3 saturated carbocycles. The van der Waals surface area contributed by atoms with Crippen LogP contribution in [-0.4, -0.2) is 1.93 Å². The first-order chi connectivity index (χ1) is 9.75. The Kier molecular flexibility index (Phi) is 6.39. The highest BCUT2D eigenvalue weighted by Crippen LogP contribution is 2.49. The van der Waals surface area contributed by atoms with Crippen LogP contribution in [-0.2, 0) is 0 Å². The molecule has 3 fully saturated rings. The molecule has 0 heterocycles. The van der Waals surface area contributed by atoms with Gasteiger partial charge in [0.15, 0.2) is 0 Å². The molecule has 0 spiro atoms. The molecule has 3 aliphatic carbocycles. The van der Waals surface area contributed by atoms with Gasteiger partial charge in [-0.15, -0.1) is 0 Å². The summed E-state index contributed by atoms with van der Waals surface area (Å²) in [4.78, 5) is 0. The van der Waals surface area contributed by atoms with E-state index in [1.165, 1.54) is 38.5 Å². The average Bonchev–Trinajstić information content (AvgIpc) is 3.09. The van der Waals surface area contributed by atoms with E-state index in [0.29, 0.717) is 0 Å². The molecule has 0 aliphatic heterocycles. The maximum absolute atomic E-state index is 2.68. The number of alkyl halides is 2. The summed E-state index contributed by atoms with van der Waals surface area (Å²) >= 11 is 5.35. The minimum absolute atomic E-state index is 0.858. The van der Waals surface area contributed by atoms with Crippen molar-refractivity contribution in [3.8, 4) is 0 Å². The lowest BCUT2D eigenvalue weighted by molar-refractivity contribution is 0.152. The van der Waals surface area contributed by atoms with Crippen LogP contribution in [0.25, 0.3) is 0 Å². The lowest BCUT2D eigenvalue weighted by atomic mass is 9.71. The van der Waals surface area contributed by atoms with Crippen LogP contribution in [0.1, 0.15) is 77.0 Å². The molecule has 3 rings (SSSR count). The van der Waals surface area contributed by atoms with Gasteiger partial charge < -0.3 is 0 Å². The second-order valence-electron chi connectivity index (χ2n) is 7.67. The van der Waals surface area contributed by atoms with E-state index in [4.69, 9.17) is 0 Å². The monoisotopic (exact) mass is 500 g/mol. The molecule has 0 radical (unpaired) electrons. The van der Waals surface area contributed by atoms with Crippen molar-refractivity contribution >= 4 is 45.2 Å². The highest BCUT2D eigenvalue weighted by Gasteiger charge is 2.39.